The van der Waals surface area contributed by atoms with E-state index in [-0.39, 0.29) is 22.8 Å². The average Bonchev–Trinajstić information content (AvgIpc) is 2.95. The number of nitrogens with zero attached hydrogens (tertiary/aromatic N) is 3. The second kappa shape index (κ2) is 7.25. The van der Waals surface area contributed by atoms with Crippen LogP contribution in [0.3, 0.4) is 0 Å². The van der Waals surface area contributed by atoms with Gasteiger partial charge < -0.3 is 4.57 Å². The third kappa shape index (κ3) is 3.93. The number of hydrogen-bond acceptors (Lipinski definition) is 3. The van der Waals surface area contributed by atoms with Gasteiger partial charge in [-0.15, -0.1) is 0 Å². The van der Waals surface area contributed by atoms with E-state index in [0.29, 0.717) is 13.1 Å². The fourth-order valence-corrected chi connectivity index (χ4v) is 4.64. The summed E-state index contributed by atoms with van der Waals surface area (Å²) in [4.78, 5) is 4.11. The summed E-state index contributed by atoms with van der Waals surface area (Å²) >= 11 is 0. The van der Waals surface area contributed by atoms with E-state index in [1.54, 1.807) is 29.2 Å². The lowest BCUT2D eigenvalue weighted by atomic mass is 9.95. The highest BCUT2D eigenvalue weighted by Crippen LogP contribution is 2.29. The predicted molar refractivity (Wildman–Crippen MR) is 94.4 cm³/mol. The summed E-state index contributed by atoms with van der Waals surface area (Å²) in [6, 6.07) is 6.53. The van der Waals surface area contributed by atoms with E-state index in [9.17, 15) is 12.8 Å². The van der Waals surface area contributed by atoms with E-state index in [1.807, 2.05) is 13.8 Å². The number of imidazole rings is 1. The minimum absolute atomic E-state index is 0.0741. The third-order valence-electron chi connectivity index (χ3n) is 4.75. The number of rotatable bonds is 4. The molecule has 0 spiro atoms. The Kier molecular flexibility index (Phi) is 5.24. The highest BCUT2D eigenvalue weighted by atomic mass is 32.2. The van der Waals surface area contributed by atoms with Crippen molar-refractivity contribution in [3.63, 3.8) is 0 Å². The number of aromatic nitrogens is 2. The van der Waals surface area contributed by atoms with E-state index in [1.165, 1.54) is 16.4 Å². The van der Waals surface area contributed by atoms with E-state index in [4.69, 9.17) is 0 Å². The molecule has 7 heteroatoms. The first-order valence-electron chi connectivity index (χ1n) is 8.67. The summed E-state index contributed by atoms with van der Waals surface area (Å²) in [6.07, 6.45) is 5.83. The fraction of sp³-hybridized carbons (Fsp3) is 0.500. The van der Waals surface area contributed by atoms with Gasteiger partial charge in [-0.2, -0.15) is 4.31 Å². The lowest BCUT2D eigenvalue weighted by molar-refractivity contribution is 0.404. The minimum atomic E-state index is -3.62. The molecule has 1 saturated heterocycles. The van der Waals surface area contributed by atoms with Gasteiger partial charge in [-0.05, 0) is 50.3 Å². The molecule has 0 saturated carbocycles. The lowest BCUT2D eigenvalue weighted by Gasteiger charge is -2.23. The summed E-state index contributed by atoms with van der Waals surface area (Å²) < 4.78 is 42.5. The molecule has 1 aliphatic heterocycles. The van der Waals surface area contributed by atoms with Crippen LogP contribution in [0.4, 0.5) is 4.39 Å². The minimum Gasteiger partial charge on any atom is -0.334 e. The molecule has 1 atom stereocenters. The maximum Gasteiger partial charge on any atom is 0.262 e. The van der Waals surface area contributed by atoms with Gasteiger partial charge in [0.15, 0.2) is 5.03 Å². The van der Waals surface area contributed by atoms with Gasteiger partial charge in [0.2, 0.25) is 0 Å². The molecule has 1 fully saturated rings. The second-order valence-corrected chi connectivity index (χ2v) is 8.74. The van der Waals surface area contributed by atoms with Crippen molar-refractivity contribution >= 4 is 10.0 Å². The first-order chi connectivity index (χ1) is 11.9. The summed E-state index contributed by atoms with van der Waals surface area (Å²) in [5.74, 6) is -0.203. The van der Waals surface area contributed by atoms with E-state index in [2.05, 4.69) is 4.98 Å². The Labute approximate surface area is 148 Å². The van der Waals surface area contributed by atoms with Crippen LogP contribution in [0, 0.1) is 5.82 Å². The summed E-state index contributed by atoms with van der Waals surface area (Å²) in [7, 11) is -3.62. The molecular formula is C18H24FN3O2S. The van der Waals surface area contributed by atoms with Gasteiger partial charge in [0, 0.05) is 25.3 Å². The van der Waals surface area contributed by atoms with Crippen molar-refractivity contribution in [2.45, 2.75) is 50.1 Å². The smallest absolute Gasteiger partial charge is 0.262 e. The van der Waals surface area contributed by atoms with Crippen molar-refractivity contribution in [2.24, 2.45) is 0 Å². The summed E-state index contributed by atoms with van der Waals surface area (Å²) in [6.45, 7) is 4.86. The molecular weight excluding hydrogens is 341 g/mol. The van der Waals surface area contributed by atoms with Gasteiger partial charge in [-0.25, -0.2) is 17.8 Å². The first-order valence-corrected chi connectivity index (χ1v) is 10.1. The standard InChI is InChI=1S/C18H24FN3O2S/c1-14(2)21-12-18(20-13-21)25(23,24)22-10-4-3-5-16(11-22)15-6-8-17(19)9-7-15/h6-9,12-14,16H,3-5,10-11H2,1-2H3. The molecule has 1 aromatic heterocycles. The van der Waals surface area contributed by atoms with Crippen LogP contribution >= 0.6 is 0 Å². The Balaban J connectivity index is 1.85. The fourth-order valence-electron chi connectivity index (χ4n) is 3.20. The van der Waals surface area contributed by atoms with Crippen molar-refractivity contribution in [1.29, 1.82) is 0 Å². The highest BCUT2D eigenvalue weighted by Gasteiger charge is 2.31. The monoisotopic (exact) mass is 365 g/mol. The molecule has 0 radical (unpaired) electrons. The molecule has 2 aromatic rings. The Morgan fingerprint density at radius 2 is 1.92 bits per heavy atom. The molecule has 2 heterocycles. The zero-order chi connectivity index (χ0) is 18.0. The molecule has 5 nitrogen and oxygen atoms in total. The number of sulfonamides is 1. The van der Waals surface area contributed by atoms with Crippen molar-refractivity contribution < 1.29 is 12.8 Å². The number of hydrogen-bond donors (Lipinski definition) is 0. The average molecular weight is 365 g/mol. The normalized spacial score (nSPS) is 19.9. The van der Waals surface area contributed by atoms with Gasteiger partial charge in [-0.1, -0.05) is 18.6 Å². The molecule has 1 aromatic carbocycles. The maximum atomic E-state index is 13.2. The van der Waals surface area contributed by atoms with Crippen LogP contribution in [0.15, 0.2) is 41.8 Å². The Morgan fingerprint density at radius 3 is 2.56 bits per heavy atom. The zero-order valence-electron chi connectivity index (χ0n) is 14.6. The van der Waals surface area contributed by atoms with Crippen LogP contribution in [0.1, 0.15) is 50.6 Å². The molecule has 0 bridgehead atoms. The van der Waals surface area contributed by atoms with Crippen molar-refractivity contribution in [2.75, 3.05) is 13.1 Å². The van der Waals surface area contributed by atoms with Gasteiger partial charge in [0.25, 0.3) is 10.0 Å². The van der Waals surface area contributed by atoms with Gasteiger partial charge in [-0.3, -0.25) is 0 Å². The summed E-state index contributed by atoms with van der Waals surface area (Å²) in [5, 5.41) is 0.0981. The van der Waals surface area contributed by atoms with Crippen LogP contribution in [0.5, 0.6) is 0 Å². The van der Waals surface area contributed by atoms with Gasteiger partial charge in [0.05, 0.1) is 6.33 Å². The third-order valence-corrected chi connectivity index (χ3v) is 6.50. The molecule has 136 valence electrons. The zero-order valence-corrected chi connectivity index (χ0v) is 15.4. The Hall–Kier alpha value is -1.73. The molecule has 1 unspecified atom stereocenters. The molecule has 0 aliphatic carbocycles. The van der Waals surface area contributed by atoms with Crippen molar-refractivity contribution in [3.05, 3.63) is 48.2 Å². The molecule has 0 N–H and O–H groups in total. The Bertz CT molecular complexity index is 815. The van der Waals surface area contributed by atoms with Crippen LogP contribution in [-0.2, 0) is 10.0 Å². The molecule has 1 aliphatic rings. The topological polar surface area (TPSA) is 55.2 Å². The SMILES string of the molecule is CC(C)n1cnc(S(=O)(=O)N2CCCCC(c3ccc(F)cc3)C2)c1. The number of halogens is 1. The molecule has 0 amide bonds. The van der Waals surface area contributed by atoms with E-state index < -0.39 is 10.0 Å². The predicted octanol–water partition coefficient (Wildman–Crippen LogP) is 3.56. The summed E-state index contributed by atoms with van der Waals surface area (Å²) in [5.41, 5.74) is 0.983. The highest BCUT2D eigenvalue weighted by molar-refractivity contribution is 7.89. The second-order valence-electron chi connectivity index (χ2n) is 6.86. The van der Waals surface area contributed by atoms with E-state index >= 15 is 0 Å². The largest absolute Gasteiger partial charge is 0.334 e. The lowest BCUT2D eigenvalue weighted by Crippen LogP contribution is -2.34. The van der Waals surface area contributed by atoms with Crippen molar-refractivity contribution in [3.8, 4) is 0 Å². The molecule has 3 rings (SSSR count). The van der Waals surface area contributed by atoms with Crippen LogP contribution in [-0.4, -0.2) is 35.4 Å². The Morgan fingerprint density at radius 1 is 1.20 bits per heavy atom. The number of benzene rings is 1. The quantitative estimate of drug-likeness (QED) is 0.832. The maximum absolute atomic E-state index is 13.2. The van der Waals surface area contributed by atoms with Gasteiger partial charge >= 0.3 is 0 Å². The molecule has 25 heavy (non-hydrogen) atoms. The van der Waals surface area contributed by atoms with Crippen LogP contribution in [0.2, 0.25) is 0 Å². The van der Waals surface area contributed by atoms with Gasteiger partial charge in [0.1, 0.15) is 5.82 Å². The van der Waals surface area contributed by atoms with Crippen LogP contribution < -0.4 is 0 Å². The van der Waals surface area contributed by atoms with Crippen LogP contribution in [0.25, 0.3) is 0 Å². The first kappa shape index (κ1) is 18.1. The van der Waals surface area contributed by atoms with Crippen molar-refractivity contribution in [1.82, 2.24) is 13.9 Å². The van der Waals surface area contributed by atoms with E-state index in [0.717, 1.165) is 24.8 Å².